The molecule has 0 heterocycles. The van der Waals surface area contributed by atoms with E-state index in [0.717, 1.165) is 51.6 Å². The standard InChI is InChI=1S/C24H41N3O2/c1-5-9-11-18(7-3)16-27(17-19(8-4)12-10-6-2)24(29)21-13-20(23(26)28)14-22(25)15-21/h13-15,18-19H,5-12,16-17,25H2,1-4H3,(H2,26,28). The minimum atomic E-state index is -0.568. The summed E-state index contributed by atoms with van der Waals surface area (Å²) in [5.74, 6) is 0.352. The van der Waals surface area contributed by atoms with Gasteiger partial charge >= 0.3 is 0 Å². The summed E-state index contributed by atoms with van der Waals surface area (Å²) in [6.07, 6.45) is 9.05. The number of unbranched alkanes of at least 4 members (excludes halogenated alkanes) is 2. The van der Waals surface area contributed by atoms with Gasteiger partial charge in [0.1, 0.15) is 0 Å². The highest BCUT2D eigenvalue weighted by Gasteiger charge is 2.23. The second-order valence-corrected chi connectivity index (χ2v) is 8.25. The van der Waals surface area contributed by atoms with E-state index in [1.807, 2.05) is 4.90 Å². The van der Waals surface area contributed by atoms with E-state index in [1.54, 1.807) is 12.1 Å². The van der Waals surface area contributed by atoms with E-state index in [1.165, 1.54) is 18.9 Å². The number of rotatable bonds is 14. The topological polar surface area (TPSA) is 89.4 Å². The Balaban J connectivity index is 3.13. The molecule has 4 N–H and O–H groups in total. The third-order valence-corrected chi connectivity index (χ3v) is 5.82. The minimum absolute atomic E-state index is 0.0512. The van der Waals surface area contributed by atoms with Gasteiger partial charge in [-0.25, -0.2) is 0 Å². The molecule has 0 saturated carbocycles. The number of nitrogen functional groups attached to an aromatic ring is 1. The highest BCUT2D eigenvalue weighted by atomic mass is 16.2. The SMILES string of the molecule is CCCCC(CC)CN(CC(CC)CCCC)C(=O)c1cc(N)cc(C(N)=O)c1. The first-order valence-corrected chi connectivity index (χ1v) is 11.4. The van der Waals surface area contributed by atoms with Gasteiger partial charge in [0.25, 0.3) is 5.91 Å². The van der Waals surface area contributed by atoms with E-state index < -0.39 is 5.91 Å². The zero-order valence-corrected chi connectivity index (χ0v) is 18.9. The minimum Gasteiger partial charge on any atom is -0.399 e. The first kappa shape index (κ1) is 25.0. The number of anilines is 1. The van der Waals surface area contributed by atoms with Crippen LogP contribution in [0, 0.1) is 11.8 Å². The number of benzene rings is 1. The lowest BCUT2D eigenvalue weighted by Crippen LogP contribution is -2.39. The van der Waals surface area contributed by atoms with Gasteiger partial charge in [0.15, 0.2) is 0 Å². The Morgan fingerprint density at radius 2 is 1.34 bits per heavy atom. The molecule has 29 heavy (non-hydrogen) atoms. The van der Waals surface area contributed by atoms with E-state index in [2.05, 4.69) is 27.7 Å². The Kier molecular flexibility index (Phi) is 11.4. The molecule has 1 aromatic rings. The molecule has 1 aromatic carbocycles. The molecule has 2 amide bonds. The Labute approximate surface area is 177 Å². The molecular formula is C24H41N3O2. The first-order chi connectivity index (χ1) is 13.9. The van der Waals surface area contributed by atoms with Gasteiger partial charge in [0, 0.05) is 29.9 Å². The van der Waals surface area contributed by atoms with Gasteiger partial charge < -0.3 is 16.4 Å². The maximum Gasteiger partial charge on any atom is 0.253 e. The summed E-state index contributed by atoms with van der Waals surface area (Å²) >= 11 is 0. The van der Waals surface area contributed by atoms with Crippen molar-refractivity contribution in [3.8, 4) is 0 Å². The van der Waals surface area contributed by atoms with Crippen LogP contribution in [0.25, 0.3) is 0 Å². The van der Waals surface area contributed by atoms with Crippen LogP contribution in [0.3, 0.4) is 0 Å². The normalized spacial score (nSPS) is 13.1. The van der Waals surface area contributed by atoms with Crippen LogP contribution in [0.15, 0.2) is 18.2 Å². The van der Waals surface area contributed by atoms with E-state index in [4.69, 9.17) is 11.5 Å². The fourth-order valence-corrected chi connectivity index (χ4v) is 3.80. The second kappa shape index (κ2) is 13.2. The number of amides is 2. The lowest BCUT2D eigenvalue weighted by molar-refractivity contribution is 0.0685. The Hall–Kier alpha value is -2.04. The molecule has 5 heteroatoms. The van der Waals surface area contributed by atoms with Gasteiger partial charge in [0.2, 0.25) is 5.91 Å². The summed E-state index contributed by atoms with van der Waals surface area (Å²) in [4.78, 5) is 27.1. The van der Waals surface area contributed by atoms with Gasteiger partial charge in [-0.1, -0.05) is 66.2 Å². The van der Waals surface area contributed by atoms with E-state index in [0.29, 0.717) is 23.1 Å². The molecule has 0 radical (unpaired) electrons. The average molecular weight is 404 g/mol. The maximum absolute atomic E-state index is 13.4. The van der Waals surface area contributed by atoms with E-state index in [-0.39, 0.29) is 11.5 Å². The zero-order valence-electron chi connectivity index (χ0n) is 18.9. The largest absolute Gasteiger partial charge is 0.399 e. The van der Waals surface area contributed by atoms with Crippen LogP contribution in [0.2, 0.25) is 0 Å². The number of nitrogens with two attached hydrogens (primary N) is 2. The third kappa shape index (κ3) is 8.46. The molecular weight excluding hydrogens is 362 g/mol. The van der Waals surface area contributed by atoms with Gasteiger partial charge in [-0.05, 0) is 42.9 Å². The van der Waals surface area contributed by atoms with Crippen molar-refractivity contribution in [3.63, 3.8) is 0 Å². The maximum atomic E-state index is 13.4. The third-order valence-electron chi connectivity index (χ3n) is 5.82. The van der Waals surface area contributed by atoms with Crippen LogP contribution in [-0.2, 0) is 0 Å². The number of primary amides is 1. The molecule has 0 aliphatic heterocycles. The number of hydrogen-bond donors (Lipinski definition) is 2. The monoisotopic (exact) mass is 403 g/mol. The summed E-state index contributed by atoms with van der Waals surface area (Å²) < 4.78 is 0. The number of nitrogens with zero attached hydrogens (tertiary/aromatic N) is 1. The van der Waals surface area contributed by atoms with Gasteiger partial charge in [-0.3, -0.25) is 9.59 Å². The molecule has 0 bridgehead atoms. The van der Waals surface area contributed by atoms with Gasteiger partial charge in [-0.15, -0.1) is 0 Å². The van der Waals surface area contributed by atoms with Crippen LogP contribution in [0.4, 0.5) is 5.69 Å². The number of carbonyl (C=O) groups excluding carboxylic acids is 2. The molecule has 164 valence electrons. The molecule has 0 fully saturated rings. The first-order valence-electron chi connectivity index (χ1n) is 11.4. The van der Waals surface area contributed by atoms with Crippen LogP contribution in [0.5, 0.6) is 0 Å². The molecule has 2 unspecified atom stereocenters. The van der Waals surface area contributed by atoms with Crippen molar-refractivity contribution in [2.24, 2.45) is 17.6 Å². The fraction of sp³-hybridized carbons (Fsp3) is 0.667. The average Bonchev–Trinajstić information content (AvgIpc) is 2.71. The molecule has 2 atom stereocenters. The molecule has 0 aromatic heterocycles. The summed E-state index contributed by atoms with van der Waals surface area (Å²) in [6, 6.07) is 4.76. The Morgan fingerprint density at radius 3 is 1.76 bits per heavy atom. The van der Waals surface area contributed by atoms with Crippen molar-refractivity contribution < 1.29 is 9.59 Å². The summed E-state index contributed by atoms with van der Waals surface area (Å²) in [7, 11) is 0. The number of hydrogen-bond acceptors (Lipinski definition) is 3. The second-order valence-electron chi connectivity index (χ2n) is 8.25. The summed E-state index contributed by atoms with van der Waals surface area (Å²) in [6.45, 7) is 10.3. The molecule has 0 saturated heterocycles. The van der Waals surface area contributed by atoms with Crippen LogP contribution < -0.4 is 11.5 Å². The van der Waals surface area contributed by atoms with Gasteiger partial charge in [-0.2, -0.15) is 0 Å². The zero-order chi connectivity index (χ0) is 21.8. The molecule has 5 nitrogen and oxygen atoms in total. The highest BCUT2D eigenvalue weighted by Crippen LogP contribution is 2.22. The Morgan fingerprint density at radius 1 is 0.862 bits per heavy atom. The van der Waals surface area contributed by atoms with Crippen molar-refractivity contribution >= 4 is 17.5 Å². The van der Waals surface area contributed by atoms with E-state index >= 15 is 0 Å². The highest BCUT2D eigenvalue weighted by molar-refractivity contribution is 6.00. The molecule has 0 aliphatic rings. The molecule has 1 rings (SSSR count). The van der Waals surface area contributed by atoms with Crippen LogP contribution in [-0.4, -0.2) is 29.8 Å². The molecule has 0 spiro atoms. The van der Waals surface area contributed by atoms with Crippen molar-refractivity contribution in [2.45, 2.75) is 79.1 Å². The number of carbonyl (C=O) groups is 2. The predicted octanol–water partition coefficient (Wildman–Crippen LogP) is 5.24. The quantitative estimate of drug-likeness (QED) is 0.416. The lowest BCUT2D eigenvalue weighted by Gasteiger charge is -2.31. The van der Waals surface area contributed by atoms with Crippen molar-refractivity contribution in [2.75, 3.05) is 18.8 Å². The Bertz CT molecular complexity index is 627. The van der Waals surface area contributed by atoms with Crippen molar-refractivity contribution in [3.05, 3.63) is 29.3 Å². The summed E-state index contributed by atoms with van der Waals surface area (Å²) in [5, 5.41) is 0. The van der Waals surface area contributed by atoms with Crippen LogP contribution >= 0.6 is 0 Å². The predicted molar refractivity (Wildman–Crippen MR) is 122 cm³/mol. The van der Waals surface area contributed by atoms with E-state index in [9.17, 15) is 9.59 Å². The lowest BCUT2D eigenvalue weighted by atomic mass is 9.95. The molecule has 0 aliphatic carbocycles. The fourth-order valence-electron chi connectivity index (χ4n) is 3.80. The van der Waals surface area contributed by atoms with Gasteiger partial charge in [0.05, 0.1) is 0 Å². The smallest absolute Gasteiger partial charge is 0.253 e. The van der Waals surface area contributed by atoms with Crippen molar-refractivity contribution in [1.82, 2.24) is 4.90 Å². The summed E-state index contributed by atoms with van der Waals surface area (Å²) in [5.41, 5.74) is 12.5. The van der Waals surface area contributed by atoms with Crippen LogP contribution in [0.1, 0.15) is 99.8 Å². The van der Waals surface area contributed by atoms with Crippen molar-refractivity contribution in [1.29, 1.82) is 0 Å².